The molecule has 0 saturated carbocycles. The van der Waals surface area contributed by atoms with Crippen molar-refractivity contribution in [3.63, 3.8) is 0 Å². The molecule has 1 aromatic heterocycles. The molecule has 21 heavy (non-hydrogen) atoms. The van der Waals surface area contributed by atoms with E-state index in [1.165, 1.54) is 5.56 Å². The summed E-state index contributed by atoms with van der Waals surface area (Å²) in [6.45, 7) is 4.96. The van der Waals surface area contributed by atoms with Gasteiger partial charge >= 0.3 is 0 Å². The summed E-state index contributed by atoms with van der Waals surface area (Å²) in [7, 11) is 0. The van der Waals surface area contributed by atoms with Crippen LogP contribution in [0.4, 0.5) is 5.69 Å². The number of fused-ring (bicyclic) bond motifs is 1. The van der Waals surface area contributed by atoms with Crippen LogP contribution < -0.4 is 10.6 Å². The highest BCUT2D eigenvalue weighted by Crippen LogP contribution is 2.18. The number of amides is 1. The SMILES string of the molecule is CC(C)c1ccc(NC(=O)C2Cc3nc[nH]c3CN2)cc1. The van der Waals surface area contributed by atoms with E-state index in [0.29, 0.717) is 18.9 Å². The molecule has 5 nitrogen and oxygen atoms in total. The van der Waals surface area contributed by atoms with Crippen LogP contribution in [-0.2, 0) is 17.8 Å². The average Bonchev–Trinajstić information content (AvgIpc) is 2.95. The molecular weight excluding hydrogens is 264 g/mol. The second kappa shape index (κ2) is 5.69. The Kier molecular flexibility index (Phi) is 3.75. The Balaban J connectivity index is 1.64. The third-order valence-corrected chi connectivity index (χ3v) is 3.89. The first kappa shape index (κ1) is 13.8. The number of rotatable bonds is 3. The molecule has 3 rings (SSSR count). The van der Waals surface area contributed by atoms with E-state index in [0.717, 1.165) is 17.1 Å². The second-order valence-corrected chi connectivity index (χ2v) is 5.73. The van der Waals surface area contributed by atoms with Gasteiger partial charge in [0.2, 0.25) is 5.91 Å². The van der Waals surface area contributed by atoms with Gasteiger partial charge in [0.05, 0.1) is 23.8 Å². The van der Waals surface area contributed by atoms with E-state index in [9.17, 15) is 4.79 Å². The number of hydrogen-bond donors (Lipinski definition) is 3. The van der Waals surface area contributed by atoms with Crippen molar-refractivity contribution in [3.05, 3.63) is 47.5 Å². The number of hydrogen-bond acceptors (Lipinski definition) is 3. The van der Waals surface area contributed by atoms with Crippen LogP contribution in [0, 0.1) is 0 Å². The number of aromatic nitrogens is 2. The maximum absolute atomic E-state index is 12.3. The number of anilines is 1. The van der Waals surface area contributed by atoms with E-state index >= 15 is 0 Å². The zero-order chi connectivity index (χ0) is 14.8. The van der Waals surface area contributed by atoms with E-state index in [4.69, 9.17) is 0 Å². The molecule has 0 aliphatic carbocycles. The van der Waals surface area contributed by atoms with Crippen molar-refractivity contribution in [2.45, 2.75) is 38.8 Å². The van der Waals surface area contributed by atoms with Crippen molar-refractivity contribution in [1.82, 2.24) is 15.3 Å². The Morgan fingerprint density at radius 3 is 2.81 bits per heavy atom. The number of benzene rings is 1. The number of nitrogens with zero attached hydrogens (tertiary/aromatic N) is 1. The van der Waals surface area contributed by atoms with Gasteiger partial charge < -0.3 is 10.3 Å². The van der Waals surface area contributed by atoms with Crippen molar-refractivity contribution in [2.75, 3.05) is 5.32 Å². The molecule has 1 aliphatic rings. The zero-order valence-electron chi connectivity index (χ0n) is 12.3. The zero-order valence-corrected chi connectivity index (χ0v) is 12.3. The molecule has 0 fully saturated rings. The lowest BCUT2D eigenvalue weighted by Gasteiger charge is -2.22. The first-order chi connectivity index (χ1) is 10.1. The summed E-state index contributed by atoms with van der Waals surface area (Å²) in [5.41, 5.74) is 4.15. The molecule has 1 unspecified atom stereocenters. The van der Waals surface area contributed by atoms with Crippen LogP contribution in [0.15, 0.2) is 30.6 Å². The van der Waals surface area contributed by atoms with Crippen LogP contribution >= 0.6 is 0 Å². The molecule has 0 radical (unpaired) electrons. The van der Waals surface area contributed by atoms with Gasteiger partial charge in [0, 0.05) is 18.7 Å². The van der Waals surface area contributed by atoms with Gasteiger partial charge in [0.15, 0.2) is 0 Å². The molecule has 0 spiro atoms. The van der Waals surface area contributed by atoms with Crippen LogP contribution in [0.3, 0.4) is 0 Å². The fraction of sp³-hybridized carbons (Fsp3) is 0.375. The molecule has 2 aromatic rings. The minimum Gasteiger partial charge on any atom is -0.347 e. The lowest BCUT2D eigenvalue weighted by molar-refractivity contribution is -0.118. The highest BCUT2D eigenvalue weighted by Gasteiger charge is 2.25. The molecule has 1 aliphatic heterocycles. The summed E-state index contributed by atoms with van der Waals surface area (Å²) >= 11 is 0. The summed E-state index contributed by atoms with van der Waals surface area (Å²) in [5, 5.41) is 6.19. The maximum Gasteiger partial charge on any atom is 0.241 e. The third-order valence-electron chi connectivity index (χ3n) is 3.89. The van der Waals surface area contributed by atoms with Crippen molar-refractivity contribution in [3.8, 4) is 0 Å². The van der Waals surface area contributed by atoms with Crippen LogP contribution in [0.1, 0.15) is 36.7 Å². The van der Waals surface area contributed by atoms with Crippen LogP contribution in [0.5, 0.6) is 0 Å². The molecule has 1 atom stereocenters. The first-order valence-electron chi connectivity index (χ1n) is 7.29. The van der Waals surface area contributed by atoms with E-state index in [2.05, 4.69) is 46.6 Å². The fourth-order valence-corrected chi connectivity index (χ4v) is 2.54. The van der Waals surface area contributed by atoms with E-state index < -0.39 is 0 Å². The summed E-state index contributed by atoms with van der Waals surface area (Å²) < 4.78 is 0. The normalized spacial score (nSPS) is 17.6. The number of aromatic amines is 1. The Labute approximate surface area is 124 Å². The Bertz CT molecular complexity index is 630. The molecular formula is C16H20N4O. The molecule has 1 aromatic carbocycles. The number of carbonyl (C=O) groups excluding carboxylic acids is 1. The van der Waals surface area contributed by atoms with E-state index in [1.54, 1.807) is 6.33 Å². The minimum absolute atomic E-state index is 0.0130. The number of H-pyrrole nitrogens is 1. The Morgan fingerprint density at radius 2 is 2.10 bits per heavy atom. The summed E-state index contributed by atoms with van der Waals surface area (Å²) in [4.78, 5) is 19.6. The van der Waals surface area contributed by atoms with Crippen LogP contribution in [-0.4, -0.2) is 21.9 Å². The van der Waals surface area contributed by atoms with Gasteiger partial charge in [0.1, 0.15) is 0 Å². The maximum atomic E-state index is 12.3. The van der Waals surface area contributed by atoms with Gasteiger partial charge in [-0.25, -0.2) is 4.98 Å². The monoisotopic (exact) mass is 284 g/mol. The molecule has 0 saturated heterocycles. The van der Waals surface area contributed by atoms with Crippen LogP contribution in [0.2, 0.25) is 0 Å². The van der Waals surface area contributed by atoms with Crippen LogP contribution in [0.25, 0.3) is 0 Å². The van der Waals surface area contributed by atoms with Crippen molar-refractivity contribution in [2.24, 2.45) is 0 Å². The number of nitrogens with one attached hydrogen (secondary N) is 3. The van der Waals surface area contributed by atoms with Crippen molar-refractivity contribution < 1.29 is 4.79 Å². The summed E-state index contributed by atoms with van der Waals surface area (Å²) in [6, 6.07) is 7.79. The number of carbonyl (C=O) groups is 1. The fourth-order valence-electron chi connectivity index (χ4n) is 2.54. The molecule has 0 bridgehead atoms. The predicted octanol–water partition coefficient (Wildman–Crippen LogP) is 2.19. The van der Waals surface area contributed by atoms with E-state index in [-0.39, 0.29) is 11.9 Å². The highest BCUT2D eigenvalue weighted by atomic mass is 16.2. The second-order valence-electron chi connectivity index (χ2n) is 5.73. The molecule has 2 heterocycles. The van der Waals surface area contributed by atoms with Gasteiger partial charge in [-0.1, -0.05) is 26.0 Å². The predicted molar refractivity (Wildman–Crippen MR) is 82.1 cm³/mol. The lowest BCUT2D eigenvalue weighted by Crippen LogP contribution is -2.44. The Hall–Kier alpha value is -2.14. The molecule has 110 valence electrons. The number of imidazole rings is 1. The van der Waals surface area contributed by atoms with Crippen molar-refractivity contribution >= 4 is 11.6 Å². The minimum atomic E-state index is -0.231. The first-order valence-corrected chi connectivity index (χ1v) is 7.29. The van der Waals surface area contributed by atoms with Gasteiger partial charge in [-0.15, -0.1) is 0 Å². The van der Waals surface area contributed by atoms with Gasteiger partial charge in [-0.3, -0.25) is 10.1 Å². The highest BCUT2D eigenvalue weighted by molar-refractivity contribution is 5.95. The standard InChI is InChI=1S/C16H20N4O/c1-10(2)11-3-5-12(6-4-11)20-16(21)14-7-13-15(8-17-14)19-9-18-13/h3-6,9-10,14,17H,7-8H2,1-2H3,(H,18,19)(H,20,21). The van der Waals surface area contributed by atoms with Crippen molar-refractivity contribution in [1.29, 1.82) is 0 Å². The van der Waals surface area contributed by atoms with Gasteiger partial charge in [0.25, 0.3) is 0 Å². The Morgan fingerprint density at radius 1 is 1.33 bits per heavy atom. The topological polar surface area (TPSA) is 69.8 Å². The lowest BCUT2D eigenvalue weighted by atomic mass is 10.0. The molecule has 5 heteroatoms. The summed E-state index contributed by atoms with van der Waals surface area (Å²) in [5.74, 6) is 0.480. The smallest absolute Gasteiger partial charge is 0.241 e. The third kappa shape index (κ3) is 2.97. The average molecular weight is 284 g/mol. The van der Waals surface area contributed by atoms with Gasteiger partial charge in [-0.2, -0.15) is 0 Å². The largest absolute Gasteiger partial charge is 0.347 e. The molecule has 1 amide bonds. The summed E-state index contributed by atoms with van der Waals surface area (Å²) in [6.07, 6.45) is 2.30. The molecule has 3 N–H and O–H groups in total. The van der Waals surface area contributed by atoms with Gasteiger partial charge in [-0.05, 0) is 23.6 Å². The quantitative estimate of drug-likeness (QED) is 0.809. The van der Waals surface area contributed by atoms with E-state index in [1.807, 2.05) is 12.1 Å².